The van der Waals surface area contributed by atoms with Crippen LogP contribution in [0.3, 0.4) is 0 Å². The molecule has 0 unspecified atom stereocenters. The SMILES string of the molecule is O=c1c2ccc(F)cc2c2c1c1c3cc(F)ccc3c(=O)c1c1c3cc(F)ccc3c(=O)c21. The number of hydrogen-bond acceptors (Lipinski definition) is 3. The second-order valence-electron chi connectivity index (χ2n) is 8.31. The lowest BCUT2D eigenvalue weighted by Gasteiger charge is -2.01. The first-order valence-electron chi connectivity index (χ1n) is 10.1. The Kier molecular flexibility index (Phi) is 3.17. The first-order chi connectivity index (χ1) is 15.9. The van der Waals surface area contributed by atoms with Gasteiger partial charge < -0.3 is 0 Å². The smallest absolute Gasteiger partial charge is 0.194 e. The van der Waals surface area contributed by atoms with E-state index >= 15 is 0 Å². The average Bonchev–Trinajstić information content (AvgIpc) is 3.34. The van der Waals surface area contributed by atoms with Crippen LogP contribution in [-0.2, 0) is 0 Å². The minimum Gasteiger partial charge on any atom is -0.289 e. The van der Waals surface area contributed by atoms with E-state index in [4.69, 9.17) is 0 Å². The zero-order valence-corrected chi connectivity index (χ0v) is 16.6. The van der Waals surface area contributed by atoms with Gasteiger partial charge in [0.1, 0.15) is 17.5 Å². The molecule has 156 valence electrons. The topological polar surface area (TPSA) is 51.2 Å². The van der Waals surface area contributed by atoms with E-state index in [1.807, 2.05) is 0 Å². The molecule has 0 amide bonds. The van der Waals surface area contributed by atoms with E-state index in [0.717, 1.165) is 18.2 Å². The molecule has 6 heteroatoms. The highest BCUT2D eigenvalue weighted by Gasteiger charge is 2.27. The van der Waals surface area contributed by atoms with Gasteiger partial charge in [0.2, 0.25) is 0 Å². The highest BCUT2D eigenvalue weighted by molar-refractivity contribution is 6.42. The fourth-order valence-electron chi connectivity index (χ4n) is 5.41. The second kappa shape index (κ2) is 5.72. The van der Waals surface area contributed by atoms with Gasteiger partial charge in [0, 0.05) is 48.5 Å². The summed E-state index contributed by atoms with van der Waals surface area (Å²) in [5.74, 6) is -1.79. The minimum absolute atomic E-state index is 0.0729. The van der Waals surface area contributed by atoms with Crippen LogP contribution in [0.2, 0.25) is 0 Å². The third-order valence-corrected chi connectivity index (χ3v) is 6.67. The summed E-state index contributed by atoms with van der Waals surface area (Å²) in [6, 6.07) is 11.0. The Labute approximate surface area is 180 Å². The second-order valence-corrected chi connectivity index (χ2v) is 8.31. The Morgan fingerprint density at radius 3 is 0.909 bits per heavy atom. The first kappa shape index (κ1) is 18.3. The summed E-state index contributed by atoms with van der Waals surface area (Å²) >= 11 is 0. The maximum absolute atomic E-state index is 14.2. The molecular formula is C27H9F3O3. The van der Waals surface area contributed by atoms with Crippen molar-refractivity contribution >= 4 is 64.6 Å². The molecule has 0 spiro atoms. The standard InChI is InChI=1S/C27H9F3O3/c28-10-1-4-13-16(7-10)19-22(25(13)31)20-17-8-11(29)2-5-14(17)27(33)24(20)21-18-9-12(30)3-6-15(18)26(32)23(19)21/h1-9H. The van der Waals surface area contributed by atoms with Crippen molar-refractivity contribution < 1.29 is 13.2 Å². The summed E-state index contributed by atoms with van der Waals surface area (Å²) < 4.78 is 42.7. The number of fused-ring (bicyclic) bond motifs is 12. The van der Waals surface area contributed by atoms with E-state index in [0.29, 0.717) is 0 Å². The van der Waals surface area contributed by atoms with Crippen LogP contribution in [0.1, 0.15) is 0 Å². The van der Waals surface area contributed by atoms with E-state index in [9.17, 15) is 27.6 Å². The predicted octanol–water partition coefficient (Wildman–Crippen LogP) is 5.42. The molecule has 0 aliphatic carbocycles. The van der Waals surface area contributed by atoms with Crippen molar-refractivity contribution in [3.63, 3.8) is 0 Å². The van der Waals surface area contributed by atoms with Crippen LogP contribution in [0.15, 0.2) is 69.0 Å². The van der Waals surface area contributed by atoms with E-state index < -0.39 is 33.7 Å². The monoisotopic (exact) mass is 438 g/mol. The first-order valence-corrected chi connectivity index (χ1v) is 10.1. The summed E-state index contributed by atoms with van der Waals surface area (Å²) in [6.07, 6.45) is 0. The molecule has 3 nitrogen and oxygen atoms in total. The molecule has 0 saturated heterocycles. The molecular weight excluding hydrogens is 429 g/mol. The predicted molar refractivity (Wildman–Crippen MR) is 124 cm³/mol. The van der Waals surface area contributed by atoms with Gasteiger partial charge in [-0.3, -0.25) is 14.4 Å². The lowest BCUT2D eigenvalue weighted by molar-refractivity contribution is 0.629. The lowest BCUT2D eigenvalue weighted by Crippen LogP contribution is -1.99. The fraction of sp³-hybridized carbons (Fsp3) is 0. The zero-order chi connectivity index (χ0) is 22.8. The van der Waals surface area contributed by atoms with Gasteiger partial charge in [-0.1, -0.05) is 0 Å². The minimum atomic E-state index is -0.597. The van der Waals surface area contributed by atoms with Crippen molar-refractivity contribution in [1.29, 1.82) is 0 Å². The molecule has 7 aromatic rings. The van der Waals surface area contributed by atoms with Crippen LogP contribution in [0.4, 0.5) is 13.2 Å². The van der Waals surface area contributed by atoms with Crippen molar-refractivity contribution in [3.8, 4) is 0 Å². The largest absolute Gasteiger partial charge is 0.289 e. The van der Waals surface area contributed by atoms with Gasteiger partial charge in [-0.05, 0) is 70.8 Å². The maximum Gasteiger partial charge on any atom is 0.194 e. The Morgan fingerprint density at radius 1 is 0.364 bits per heavy atom. The van der Waals surface area contributed by atoms with Gasteiger partial charge >= 0.3 is 0 Å². The van der Waals surface area contributed by atoms with Crippen LogP contribution < -0.4 is 16.3 Å². The van der Waals surface area contributed by atoms with E-state index in [-0.39, 0.29) is 64.6 Å². The molecule has 0 aliphatic rings. The molecule has 7 rings (SSSR count). The quantitative estimate of drug-likeness (QED) is 0.318. The number of benzene rings is 4. The number of halogens is 3. The van der Waals surface area contributed by atoms with Crippen LogP contribution in [0.25, 0.3) is 64.6 Å². The van der Waals surface area contributed by atoms with Crippen molar-refractivity contribution in [2.24, 2.45) is 0 Å². The number of rotatable bonds is 0. The summed E-state index contributed by atoms with van der Waals surface area (Å²) in [7, 11) is 0. The van der Waals surface area contributed by atoms with Gasteiger partial charge in [-0.25, -0.2) is 13.2 Å². The molecule has 7 aromatic carbocycles. The van der Waals surface area contributed by atoms with E-state index in [2.05, 4.69) is 0 Å². The van der Waals surface area contributed by atoms with Gasteiger partial charge in [0.25, 0.3) is 0 Å². The normalized spacial score (nSPS) is 12.5. The van der Waals surface area contributed by atoms with Gasteiger partial charge in [0.05, 0.1) is 0 Å². The molecule has 0 fully saturated rings. The van der Waals surface area contributed by atoms with Gasteiger partial charge in [-0.2, -0.15) is 0 Å². The molecule has 0 N–H and O–H groups in total. The van der Waals surface area contributed by atoms with Gasteiger partial charge in [-0.15, -0.1) is 0 Å². The summed E-state index contributed by atoms with van der Waals surface area (Å²) in [6.45, 7) is 0. The summed E-state index contributed by atoms with van der Waals surface area (Å²) in [4.78, 5) is 40.5. The van der Waals surface area contributed by atoms with E-state index in [1.54, 1.807) is 0 Å². The molecule has 0 radical (unpaired) electrons. The van der Waals surface area contributed by atoms with Crippen LogP contribution in [0, 0.1) is 17.5 Å². The third-order valence-electron chi connectivity index (χ3n) is 6.67. The summed E-state index contributed by atoms with van der Waals surface area (Å²) in [5.41, 5.74) is -1.42. The Morgan fingerprint density at radius 2 is 0.636 bits per heavy atom. The van der Waals surface area contributed by atoms with Crippen LogP contribution in [0.5, 0.6) is 0 Å². The highest BCUT2D eigenvalue weighted by atomic mass is 19.1. The van der Waals surface area contributed by atoms with Crippen molar-refractivity contribution in [3.05, 3.63) is 103 Å². The molecule has 33 heavy (non-hydrogen) atoms. The van der Waals surface area contributed by atoms with Crippen molar-refractivity contribution in [2.75, 3.05) is 0 Å². The third kappa shape index (κ3) is 2.04. The Hall–Kier alpha value is -4.32. The lowest BCUT2D eigenvalue weighted by atomic mass is 9.99. The van der Waals surface area contributed by atoms with E-state index in [1.165, 1.54) is 36.4 Å². The molecule has 0 atom stereocenters. The van der Waals surface area contributed by atoms with Crippen molar-refractivity contribution in [2.45, 2.75) is 0 Å². The average molecular weight is 438 g/mol. The van der Waals surface area contributed by atoms with Crippen LogP contribution >= 0.6 is 0 Å². The molecule has 0 heterocycles. The highest BCUT2D eigenvalue weighted by Crippen LogP contribution is 2.42. The Balaban J connectivity index is 2.03. The molecule has 0 aromatic heterocycles. The number of hydrogen-bond donors (Lipinski definition) is 0. The maximum atomic E-state index is 14.2. The summed E-state index contributed by atoms with van der Waals surface area (Å²) in [5, 5.41) is 2.09. The Bertz CT molecular complexity index is 1890. The van der Waals surface area contributed by atoms with Gasteiger partial charge in [0.15, 0.2) is 16.3 Å². The van der Waals surface area contributed by atoms with Crippen LogP contribution in [-0.4, -0.2) is 0 Å². The van der Waals surface area contributed by atoms with Crippen molar-refractivity contribution in [1.82, 2.24) is 0 Å². The fourth-order valence-corrected chi connectivity index (χ4v) is 5.41. The molecule has 0 saturated carbocycles. The molecule has 0 bridgehead atoms. The molecule has 0 aliphatic heterocycles. The zero-order valence-electron chi connectivity index (χ0n) is 16.6.